The van der Waals surface area contributed by atoms with Gasteiger partial charge in [-0.1, -0.05) is 22.6 Å². The van der Waals surface area contributed by atoms with E-state index in [0.29, 0.717) is 0 Å². The second-order valence-corrected chi connectivity index (χ2v) is 1.73. The van der Waals surface area contributed by atoms with Crippen LogP contribution in [0.25, 0.3) is 0 Å². The van der Waals surface area contributed by atoms with Gasteiger partial charge >= 0.3 is 0 Å². The van der Waals surface area contributed by atoms with E-state index in [9.17, 15) is 4.79 Å². The quantitative estimate of drug-likeness (QED) is 0.439. The third-order valence-corrected chi connectivity index (χ3v) is 0.826. The maximum atomic E-state index is 10.3. The summed E-state index contributed by atoms with van der Waals surface area (Å²) in [6.07, 6.45) is 3.15. The zero-order chi connectivity index (χ0) is 6.41. The molecule has 0 aliphatic rings. The van der Waals surface area contributed by atoms with Crippen LogP contribution in [0, 0.1) is 0 Å². The lowest BCUT2D eigenvalue weighted by molar-refractivity contribution is -0.110. The molecule has 0 spiro atoms. The first-order valence-electron chi connectivity index (χ1n) is 1.92. The minimum absolute atomic E-state index is 0.207. The average molecular weight is 224 g/mol. The fraction of sp³-hybridized carbons (Fsp3) is 0. The van der Waals surface area contributed by atoms with Crippen LogP contribution in [0.3, 0.4) is 0 Å². The minimum atomic E-state index is -0.207. The summed E-state index contributed by atoms with van der Waals surface area (Å²) in [6.45, 7) is 0. The van der Waals surface area contributed by atoms with Gasteiger partial charge in [-0.3, -0.25) is 4.79 Å². The highest BCUT2D eigenvalue weighted by Gasteiger charge is 1.82. The van der Waals surface area contributed by atoms with Crippen molar-refractivity contribution in [2.45, 2.75) is 0 Å². The Bertz CT molecular complexity index is 112. The molecule has 0 heterocycles. The molecule has 0 aromatic heterocycles. The third kappa shape index (κ3) is 3.86. The fourth-order valence-corrected chi connectivity index (χ4v) is 0.546. The van der Waals surface area contributed by atoms with Gasteiger partial charge in [0.25, 0.3) is 0 Å². The van der Waals surface area contributed by atoms with Gasteiger partial charge in [0.15, 0.2) is 5.78 Å². The van der Waals surface area contributed by atoms with Crippen molar-refractivity contribution in [1.82, 2.24) is 0 Å². The summed E-state index contributed by atoms with van der Waals surface area (Å²) in [5.41, 5.74) is 0. The van der Waals surface area contributed by atoms with Crippen molar-refractivity contribution in [2.75, 3.05) is 0 Å². The Morgan fingerprint density at radius 3 is 2.50 bits per heavy atom. The highest BCUT2D eigenvalue weighted by Crippen LogP contribution is 1.85. The lowest BCUT2D eigenvalue weighted by atomic mass is 10.4. The van der Waals surface area contributed by atoms with Crippen molar-refractivity contribution in [2.24, 2.45) is 0 Å². The van der Waals surface area contributed by atoms with E-state index in [1.807, 2.05) is 22.6 Å². The summed E-state index contributed by atoms with van der Waals surface area (Å²) in [6, 6.07) is 0. The van der Waals surface area contributed by atoms with E-state index in [1.54, 1.807) is 4.08 Å². The van der Waals surface area contributed by atoms with Crippen molar-refractivity contribution in [1.29, 1.82) is 0 Å². The molecule has 0 bridgehead atoms. The molecular formula is C5H5IO2. The van der Waals surface area contributed by atoms with Gasteiger partial charge in [-0.25, -0.2) is 0 Å². The van der Waals surface area contributed by atoms with Crippen LogP contribution in [-0.2, 0) is 4.79 Å². The van der Waals surface area contributed by atoms with Gasteiger partial charge in [0.1, 0.15) is 0 Å². The number of carbonyl (C=O) groups is 1. The van der Waals surface area contributed by atoms with Crippen LogP contribution in [0.5, 0.6) is 0 Å². The maximum Gasteiger partial charge on any atom is 0.182 e. The lowest BCUT2D eigenvalue weighted by Crippen LogP contribution is -1.81. The van der Waals surface area contributed by atoms with Crippen LogP contribution < -0.4 is 0 Å². The average Bonchev–Trinajstić information content (AvgIpc) is 1.68. The number of carbonyl (C=O) groups excluding carboxylic acids is 1. The number of hydrogen-bond donors (Lipinski definition) is 1. The summed E-state index contributed by atoms with van der Waals surface area (Å²) in [4.78, 5) is 10.3. The number of rotatable bonds is 2. The molecular weight excluding hydrogens is 219 g/mol. The summed E-state index contributed by atoms with van der Waals surface area (Å²) < 4.78 is 1.58. The van der Waals surface area contributed by atoms with Crippen molar-refractivity contribution in [3.8, 4) is 0 Å². The van der Waals surface area contributed by atoms with Crippen LogP contribution in [0.15, 0.2) is 22.5 Å². The molecule has 0 atom stereocenters. The van der Waals surface area contributed by atoms with E-state index < -0.39 is 0 Å². The van der Waals surface area contributed by atoms with E-state index >= 15 is 0 Å². The zero-order valence-corrected chi connectivity index (χ0v) is 6.20. The van der Waals surface area contributed by atoms with Gasteiger partial charge in [0.2, 0.25) is 0 Å². The van der Waals surface area contributed by atoms with Gasteiger partial charge in [-0.2, -0.15) is 0 Å². The number of hydrogen-bond acceptors (Lipinski definition) is 2. The SMILES string of the molecule is O=C(/C=C\O)/C=C\I. The van der Waals surface area contributed by atoms with Crippen LogP contribution in [-0.4, -0.2) is 10.9 Å². The van der Waals surface area contributed by atoms with E-state index in [-0.39, 0.29) is 5.78 Å². The Hall–Kier alpha value is -0.320. The first-order chi connectivity index (χ1) is 3.81. The van der Waals surface area contributed by atoms with Crippen LogP contribution in [0.4, 0.5) is 0 Å². The Morgan fingerprint density at radius 2 is 2.12 bits per heavy atom. The molecule has 0 aromatic carbocycles. The summed E-state index contributed by atoms with van der Waals surface area (Å²) >= 11 is 1.93. The predicted octanol–water partition coefficient (Wildman–Crippen LogP) is 1.58. The second-order valence-electron chi connectivity index (χ2n) is 1.01. The molecule has 0 saturated carbocycles. The first kappa shape index (κ1) is 7.68. The van der Waals surface area contributed by atoms with Crippen molar-refractivity contribution < 1.29 is 9.90 Å². The zero-order valence-electron chi connectivity index (χ0n) is 4.04. The lowest BCUT2D eigenvalue weighted by Gasteiger charge is -1.74. The van der Waals surface area contributed by atoms with Crippen LogP contribution >= 0.6 is 22.6 Å². The molecule has 3 heteroatoms. The summed E-state index contributed by atoms with van der Waals surface area (Å²) in [7, 11) is 0. The van der Waals surface area contributed by atoms with E-state index in [1.165, 1.54) is 6.08 Å². The molecule has 0 aromatic rings. The van der Waals surface area contributed by atoms with Crippen molar-refractivity contribution in [3.05, 3.63) is 22.5 Å². The van der Waals surface area contributed by atoms with Gasteiger partial charge < -0.3 is 5.11 Å². The Kier molecular flexibility index (Phi) is 4.64. The monoisotopic (exact) mass is 224 g/mol. The number of allylic oxidation sites excluding steroid dienone is 2. The van der Waals surface area contributed by atoms with Gasteiger partial charge in [0, 0.05) is 6.08 Å². The number of aliphatic hydroxyl groups excluding tert-OH is 1. The van der Waals surface area contributed by atoms with Crippen molar-refractivity contribution in [3.63, 3.8) is 0 Å². The highest BCUT2D eigenvalue weighted by molar-refractivity contribution is 14.1. The molecule has 0 amide bonds. The third-order valence-electron chi connectivity index (χ3n) is 0.466. The van der Waals surface area contributed by atoms with Gasteiger partial charge in [0.05, 0.1) is 6.26 Å². The molecule has 0 saturated heterocycles. The summed E-state index contributed by atoms with van der Waals surface area (Å²) in [5.74, 6) is -0.207. The van der Waals surface area contributed by atoms with Gasteiger partial charge in [-0.05, 0) is 10.2 Å². The smallest absolute Gasteiger partial charge is 0.182 e. The normalized spacial score (nSPS) is 11.1. The fourth-order valence-electron chi connectivity index (χ4n) is 0.191. The molecule has 44 valence electrons. The first-order valence-corrected chi connectivity index (χ1v) is 3.17. The van der Waals surface area contributed by atoms with E-state index in [2.05, 4.69) is 0 Å². The molecule has 1 N–H and O–H groups in total. The van der Waals surface area contributed by atoms with Crippen molar-refractivity contribution >= 4 is 28.4 Å². The Labute approximate surface area is 61.0 Å². The number of halogens is 1. The molecule has 0 rings (SSSR count). The Balaban J connectivity index is 3.66. The molecule has 0 radical (unpaired) electrons. The molecule has 2 nitrogen and oxygen atoms in total. The standard InChI is InChI=1S/C5H5IO2/c6-3-1-5(8)2-4-7/h1-4,7H/b3-1-,4-2-. The number of ketones is 1. The molecule has 0 unspecified atom stereocenters. The van der Waals surface area contributed by atoms with E-state index in [0.717, 1.165) is 12.3 Å². The van der Waals surface area contributed by atoms with E-state index in [4.69, 9.17) is 5.11 Å². The molecule has 8 heavy (non-hydrogen) atoms. The second kappa shape index (κ2) is 4.83. The maximum absolute atomic E-state index is 10.3. The topological polar surface area (TPSA) is 37.3 Å². The Morgan fingerprint density at radius 1 is 1.50 bits per heavy atom. The minimum Gasteiger partial charge on any atom is -0.515 e. The van der Waals surface area contributed by atoms with Crippen LogP contribution in [0.2, 0.25) is 0 Å². The summed E-state index contributed by atoms with van der Waals surface area (Å²) in [5, 5.41) is 8.03. The number of aliphatic hydroxyl groups is 1. The largest absolute Gasteiger partial charge is 0.515 e. The van der Waals surface area contributed by atoms with Crippen LogP contribution in [0.1, 0.15) is 0 Å². The van der Waals surface area contributed by atoms with Gasteiger partial charge in [-0.15, -0.1) is 0 Å². The highest BCUT2D eigenvalue weighted by atomic mass is 127. The predicted molar refractivity (Wildman–Crippen MR) is 39.9 cm³/mol. The molecule has 0 aliphatic heterocycles. The molecule has 0 fully saturated rings. The molecule has 0 aliphatic carbocycles.